The Balaban J connectivity index is 2.04. The van der Waals surface area contributed by atoms with E-state index in [9.17, 15) is 20.4 Å². The summed E-state index contributed by atoms with van der Waals surface area (Å²) in [6.45, 7) is 5.92. The fraction of sp³-hybridized carbons (Fsp3) is 0.667. The summed E-state index contributed by atoms with van der Waals surface area (Å²) < 4.78 is 5.53. The number of ether oxygens (including phenoxy) is 1. The molecule has 1 saturated heterocycles. The summed E-state index contributed by atoms with van der Waals surface area (Å²) >= 11 is 1.27. The summed E-state index contributed by atoms with van der Waals surface area (Å²) in [5.74, 6) is 0. The van der Waals surface area contributed by atoms with Gasteiger partial charge < -0.3 is 30.1 Å². The van der Waals surface area contributed by atoms with Crippen molar-refractivity contribution in [2.45, 2.75) is 61.4 Å². The molecule has 0 aromatic heterocycles. The standard InChI is InChI=1S/C18H29NO5S/c1-3-9-19(10-4-2)12-5-7-13(8-6-12)25-18-17(23)16(22)15(21)14(11-20)24-18/h5-8,14-18,20-23H,3-4,9-11H2,1-2H3. The van der Waals surface area contributed by atoms with Gasteiger partial charge in [0, 0.05) is 23.7 Å². The average molecular weight is 371 g/mol. The minimum atomic E-state index is -1.34. The van der Waals surface area contributed by atoms with Crippen molar-refractivity contribution in [3.8, 4) is 0 Å². The second-order valence-electron chi connectivity index (χ2n) is 6.30. The molecule has 4 N–H and O–H groups in total. The van der Waals surface area contributed by atoms with E-state index in [4.69, 9.17) is 4.74 Å². The highest BCUT2D eigenvalue weighted by molar-refractivity contribution is 7.99. The van der Waals surface area contributed by atoms with Gasteiger partial charge in [-0.15, -0.1) is 0 Å². The van der Waals surface area contributed by atoms with Crippen molar-refractivity contribution >= 4 is 17.4 Å². The van der Waals surface area contributed by atoms with Crippen molar-refractivity contribution in [3.63, 3.8) is 0 Å². The van der Waals surface area contributed by atoms with E-state index in [1.54, 1.807) is 0 Å². The van der Waals surface area contributed by atoms with Gasteiger partial charge in [-0.25, -0.2) is 0 Å². The quantitative estimate of drug-likeness (QED) is 0.546. The molecule has 0 amide bonds. The van der Waals surface area contributed by atoms with Crippen molar-refractivity contribution in [2.75, 3.05) is 24.6 Å². The molecule has 2 rings (SSSR count). The van der Waals surface area contributed by atoms with Crippen LogP contribution in [0.25, 0.3) is 0 Å². The van der Waals surface area contributed by atoms with Gasteiger partial charge in [-0.3, -0.25) is 0 Å². The molecular weight excluding hydrogens is 342 g/mol. The molecule has 5 atom stereocenters. The number of aliphatic hydroxyl groups excluding tert-OH is 4. The van der Waals surface area contributed by atoms with Crippen molar-refractivity contribution in [1.29, 1.82) is 0 Å². The van der Waals surface area contributed by atoms with Crippen LogP contribution < -0.4 is 4.90 Å². The van der Waals surface area contributed by atoms with E-state index in [1.807, 2.05) is 24.3 Å². The maximum absolute atomic E-state index is 10.1. The zero-order chi connectivity index (χ0) is 18.4. The molecule has 0 aliphatic carbocycles. The van der Waals surface area contributed by atoms with Gasteiger partial charge in [0.25, 0.3) is 0 Å². The molecule has 1 aliphatic heterocycles. The number of hydrogen-bond acceptors (Lipinski definition) is 7. The first-order valence-electron chi connectivity index (χ1n) is 8.84. The normalized spacial score (nSPS) is 29.6. The van der Waals surface area contributed by atoms with Crippen LogP contribution in [0, 0.1) is 0 Å². The van der Waals surface area contributed by atoms with Gasteiger partial charge in [-0.05, 0) is 37.1 Å². The molecule has 1 fully saturated rings. The van der Waals surface area contributed by atoms with Crippen LogP contribution in [-0.2, 0) is 4.74 Å². The summed E-state index contributed by atoms with van der Waals surface area (Å²) in [6.07, 6.45) is -2.59. The molecule has 1 aromatic rings. The Morgan fingerprint density at radius 3 is 2.08 bits per heavy atom. The molecule has 7 heteroatoms. The SMILES string of the molecule is CCCN(CCC)c1ccc(SC2OC(CO)C(O)C(O)C2O)cc1. The Morgan fingerprint density at radius 2 is 1.56 bits per heavy atom. The van der Waals surface area contributed by atoms with E-state index >= 15 is 0 Å². The Kier molecular flexibility index (Phi) is 7.99. The number of rotatable bonds is 8. The summed E-state index contributed by atoms with van der Waals surface area (Å²) in [5.41, 5.74) is 0.408. The number of thioether (sulfide) groups is 1. The fourth-order valence-electron chi connectivity index (χ4n) is 2.94. The average Bonchev–Trinajstić information content (AvgIpc) is 2.62. The van der Waals surface area contributed by atoms with Crippen LogP contribution in [0.4, 0.5) is 5.69 Å². The van der Waals surface area contributed by atoms with Crippen LogP contribution in [0.1, 0.15) is 26.7 Å². The topological polar surface area (TPSA) is 93.4 Å². The fourth-order valence-corrected chi connectivity index (χ4v) is 4.00. The van der Waals surface area contributed by atoms with Crippen molar-refractivity contribution in [3.05, 3.63) is 24.3 Å². The number of anilines is 1. The third-order valence-electron chi connectivity index (χ3n) is 4.29. The highest BCUT2D eigenvalue weighted by Crippen LogP contribution is 2.34. The zero-order valence-corrected chi connectivity index (χ0v) is 15.6. The lowest BCUT2D eigenvalue weighted by molar-refractivity contribution is -0.205. The summed E-state index contributed by atoms with van der Waals surface area (Å²) in [7, 11) is 0. The lowest BCUT2D eigenvalue weighted by Gasteiger charge is -2.39. The molecule has 1 heterocycles. The van der Waals surface area contributed by atoms with Crippen LogP contribution in [0.2, 0.25) is 0 Å². The van der Waals surface area contributed by atoms with E-state index in [-0.39, 0.29) is 0 Å². The number of aliphatic hydroxyl groups is 4. The molecule has 1 aliphatic rings. The first-order chi connectivity index (χ1) is 12.0. The van der Waals surface area contributed by atoms with E-state index in [2.05, 4.69) is 18.7 Å². The van der Waals surface area contributed by atoms with E-state index in [1.165, 1.54) is 11.8 Å². The molecule has 0 radical (unpaired) electrons. The number of nitrogens with zero attached hydrogens (tertiary/aromatic N) is 1. The Bertz CT molecular complexity index is 507. The summed E-state index contributed by atoms with van der Waals surface area (Å²) in [4.78, 5) is 3.23. The van der Waals surface area contributed by atoms with Gasteiger partial charge in [0.1, 0.15) is 29.9 Å². The maximum Gasteiger partial charge on any atom is 0.136 e. The molecule has 0 saturated carbocycles. The Hall–Kier alpha value is -0.830. The minimum absolute atomic E-state index is 0.413. The molecule has 142 valence electrons. The molecule has 25 heavy (non-hydrogen) atoms. The van der Waals surface area contributed by atoms with Gasteiger partial charge >= 0.3 is 0 Å². The lowest BCUT2D eigenvalue weighted by atomic mass is 10.0. The highest BCUT2D eigenvalue weighted by atomic mass is 32.2. The van der Waals surface area contributed by atoms with Crippen molar-refractivity contribution in [1.82, 2.24) is 0 Å². The van der Waals surface area contributed by atoms with E-state index in [0.717, 1.165) is 36.5 Å². The third kappa shape index (κ3) is 5.09. The van der Waals surface area contributed by atoms with Gasteiger partial charge in [0.05, 0.1) is 6.61 Å². The van der Waals surface area contributed by atoms with Gasteiger partial charge in [-0.2, -0.15) is 0 Å². The van der Waals surface area contributed by atoms with Crippen LogP contribution in [0.3, 0.4) is 0 Å². The molecular formula is C18H29NO5S. The molecule has 6 nitrogen and oxygen atoms in total. The van der Waals surface area contributed by atoms with Gasteiger partial charge in [0.2, 0.25) is 0 Å². The molecule has 5 unspecified atom stereocenters. The van der Waals surface area contributed by atoms with E-state index < -0.39 is 36.5 Å². The summed E-state index contributed by atoms with van der Waals surface area (Å²) in [5, 5.41) is 39.1. The number of hydrogen-bond donors (Lipinski definition) is 4. The zero-order valence-electron chi connectivity index (χ0n) is 14.8. The predicted octanol–water partition coefficient (Wildman–Crippen LogP) is 1.20. The highest BCUT2D eigenvalue weighted by Gasteiger charge is 2.43. The first-order valence-corrected chi connectivity index (χ1v) is 9.71. The first kappa shape index (κ1) is 20.5. The van der Waals surface area contributed by atoms with Crippen molar-refractivity contribution < 1.29 is 25.2 Å². The van der Waals surface area contributed by atoms with Crippen LogP contribution in [-0.4, -0.2) is 70.0 Å². The van der Waals surface area contributed by atoms with Crippen LogP contribution in [0.15, 0.2) is 29.2 Å². The molecule has 1 aromatic carbocycles. The number of benzene rings is 1. The second kappa shape index (κ2) is 9.75. The van der Waals surface area contributed by atoms with Crippen molar-refractivity contribution in [2.24, 2.45) is 0 Å². The molecule has 0 bridgehead atoms. The van der Waals surface area contributed by atoms with Gasteiger partial charge in [0.15, 0.2) is 0 Å². The Morgan fingerprint density at radius 1 is 0.960 bits per heavy atom. The second-order valence-corrected chi connectivity index (χ2v) is 7.47. The third-order valence-corrected chi connectivity index (χ3v) is 5.46. The van der Waals surface area contributed by atoms with Crippen LogP contribution >= 0.6 is 11.8 Å². The lowest BCUT2D eigenvalue weighted by Crippen LogP contribution is -2.57. The summed E-state index contributed by atoms with van der Waals surface area (Å²) in [6, 6.07) is 7.99. The van der Waals surface area contributed by atoms with E-state index in [0.29, 0.717) is 0 Å². The Labute approximate surface area is 153 Å². The maximum atomic E-state index is 10.1. The van der Waals surface area contributed by atoms with Crippen LogP contribution in [0.5, 0.6) is 0 Å². The molecule has 0 spiro atoms. The largest absolute Gasteiger partial charge is 0.394 e. The van der Waals surface area contributed by atoms with Gasteiger partial charge in [-0.1, -0.05) is 25.6 Å². The smallest absolute Gasteiger partial charge is 0.136 e. The monoisotopic (exact) mass is 371 g/mol. The minimum Gasteiger partial charge on any atom is -0.394 e. The predicted molar refractivity (Wildman–Crippen MR) is 98.9 cm³/mol.